The van der Waals surface area contributed by atoms with Gasteiger partial charge in [0.1, 0.15) is 5.82 Å². The Bertz CT molecular complexity index is 320. The fourth-order valence-corrected chi connectivity index (χ4v) is 1.36. The number of nitrogens with two attached hydrogens (primary N) is 1. The number of rotatable bonds is 5. The predicted octanol–water partition coefficient (Wildman–Crippen LogP) is 1.40. The molecule has 0 saturated heterocycles. The number of nitrogen functional groups attached to an aromatic ring is 1. The number of anilines is 1. The second-order valence-corrected chi connectivity index (χ2v) is 3.80. The van der Waals surface area contributed by atoms with Crippen molar-refractivity contribution in [1.29, 1.82) is 0 Å². The Balaban J connectivity index is 2.59. The van der Waals surface area contributed by atoms with Gasteiger partial charge in [-0.05, 0) is 19.2 Å². The molecule has 5 heteroatoms. The molecule has 0 aliphatic rings. The Morgan fingerprint density at radius 3 is 2.93 bits per heavy atom. The van der Waals surface area contributed by atoms with Crippen LogP contribution in [0.1, 0.15) is 5.69 Å². The Hall–Kier alpha value is -0.840. The van der Waals surface area contributed by atoms with Crippen LogP contribution < -0.4 is 5.73 Å². The van der Waals surface area contributed by atoms with Crippen molar-refractivity contribution in [3.05, 3.63) is 22.8 Å². The number of likely N-dealkylation sites (N-methyl/N-ethyl adjacent to an activating group) is 1. The lowest BCUT2D eigenvalue weighted by molar-refractivity contribution is 0.158. The summed E-state index contributed by atoms with van der Waals surface area (Å²) in [5.74, 6) is 0.495. The average Bonchev–Trinajstić information content (AvgIpc) is 2.20. The second kappa shape index (κ2) is 5.90. The fourth-order valence-electron chi connectivity index (χ4n) is 1.19. The van der Waals surface area contributed by atoms with Crippen molar-refractivity contribution in [3.63, 3.8) is 0 Å². The van der Waals surface area contributed by atoms with Crippen molar-refractivity contribution in [3.8, 4) is 0 Å². The molecule has 4 nitrogen and oxygen atoms in total. The molecule has 0 atom stereocenters. The zero-order valence-electron chi connectivity index (χ0n) is 9.03. The van der Waals surface area contributed by atoms with Crippen LogP contribution in [0, 0.1) is 0 Å². The lowest BCUT2D eigenvalue weighted by atomic mass is 10.3. The first-order valence-electron chi connectivity index (χ1n) is 4.72. The Morgan fingerprint density at radius 2 is 2.27 bits per heavy atom. The van der Waals surface area contributed by atoms with E-state index in [4.69, 9.17) is 22.1 Å². The number of hydrogen-bond donors (Lipinski definition) is 1. The van der Waals surface area contributed by atoms with Crippen LogP contribution in [0.15, 0.2) is 12.1 Å². The van der Waals surface area contributed by atoms with Crippen LogP contribution in [0.5, 0.6) is 0 Å². The standard InChI is InChI=1S/C10H16ClN3O/c1-14(5-6-15-2)7-9-8(11)3-4-10(12)13-9/h3-4H,5-7H2,1-2H3,(H2,12,13). The monoisotopic (exact) mass is 229 g/mol. The summed E-state index contributed by atoms with van der Waals surface area (Å²) in [7, 11) is 3.67. The number of aromatic nitrogens is 1. The van der Waals surface area contributed by atoms with E-state index in [1.165, 1.54) is 0 Å². The molecule has 0 bridgehead atoms. The van der Waals surface area contributed by atoms with Gasteiger partial charge in [-0.1, -0.05) is 11.6 Å². The molecule has 15 heavy (non-hydrogen) atoms. The third-order valence-corrected chi connectivity index (χ3v) is 2.38. The van der Waals surface area contributed by atoms with Crippen molar-refractivity contribution in [2.75, 3.05) is 33.0 Å². The number of methoxy groups -OCH3 is 1. The molecule has 2 N–H and O–H groups in total. The molecule has 0 fully saturated rings. The molecule has 0 radical (unpaired) electrons. The van der Waals surface area contributed by atoms with E-state index in [0.29, 0.717) is 24.0 Å². The minimum atomic E-state index is 0.495. The predicted molar refractivity (Wildman–Crippen MR) is 61.9 cm³/mol. The van der Waals surface area contributed by atoms with Crippen LogP contribution in [0.25, 0.3) is 0 Å². The van der Waals surface area contributed by atoms with Gasteiger partial charge >= 0.3 is 0 Å². The molecular formula is C10H16ClN3O. The zero-order chi connectivity index (χ0) is 11.3. The molecule has 0 aliphatic heterocycles. The van der Waals surface area contributed by atoms with Gasteiger partial charge in [0.05, 0.1) is 17.3 Å². The molecule has 0 aromatic carbocycles. The van der Waals surface area contributed by atoms with E-state index >= 15 is 0 Å². The minimum Gasteiger partial charge on any atom is -0.384 e. The number of nitrogens with zero attached hydrogens (tertiary/aromatic N) is 2. The smallest absolute Gasteiger partial charge is 0.123 e. The summed E-state index contributed by atoms with van der Waals surface area (Å²) in [5.41, 5.74) is 6.39. The first-order chi connectivity index (χ1) is 7.13. The molecule has 1 aromatic rings. The molecule has 0 amide bonds. The highest BCUT2D eigenvalue weighted by atomic mass is 35.5. The SMILES string of the molecule is COCCN(C)Cc1nc(N)ccc1Cl. The average molecular weight is 230 g/mol. The lowest BCUT2D eigenvalue weighted by Crippen LogP contribution is -2.23. The van der Waals surface area contributed by atoms with Gasteiger partial charge in [0.25, 0.3) is 0 Å². The maximum atomic E-state index is 6.00. The summed E-state index contributed by atoms with van der Waals surface area (Å²) in [6.07, 6.45) is 0. The van der Waals surface area contributed by atoms with Crippen LogP contribution in [0.2, 0.25) is 5.02 Å². The largest absolute Gasteiger partial charge is 0.384 e. The number of halogens is 1. The highest BCUT2D eigenvalue weighted by Crippen LogP contribution is 2.16. The van der Waals surface area contributed by atoms with E-state index < -0.39 is 0 Å². The normalized spacial score (nSPS) is 10.9. The zero-order valence-corrected chi connectivity index (χ0v) is 9.79. The molecule has 0 unspecified atom stereocenters. The van der Waals surface area contributed by atoms with Gasteiger partial charge in [0.2, 0.25) is 0 Å². The number of hydrogen-bond acceptors (Lipinski definition) is 4. The minimum absolute atomic E-state index is 0.495. The van der Waals surface area contributed by atoms with Crippen LogP contribution in [-0.4, -0.2) is 37.2 Å². The van der Waals surface area contributed by atoms with Crippen LogP contribution in [0.3, 0.4) is 0 Å². The lowest BCUT2D eigenvalue weighted by Gasteiger charge is -2.16. The van der Waals surface area contributed by atoms with E-state index in [2.05, 4.69) is 9.88 Å². The molecule has 1 heterocycles. The fraction of sp³-hybridized carbons (Fsp3) is 0.500. The molecular weight excluding hydrogens is 214 g/mol. The van der Waals surface area contributed by atoms with E-state index in [9.17, 15) is 0 Å². The molecule has 0 spiro atoms. The van der Waals surface area contributed by atoms with Crippen molar-refractivity contribution < 1.29 is 4.74 Å². The van der Waals surface area contributed by atoms with Crippen molar-refractivity contribution in [2.24, 2.45) is 0 Å². The summed E-state index contributed by atoms with van der Waals surface area (Å²) in [4.78, 5) is 6.26. The van der Waals surface area contributed by atoms with E-state index in [-0.39, 0.29) is 0 Å². The summed E-state index contributed by atoms with van der Waals surface area (Å²) in [5, 5.41) is 0.647. The molecule has 0 aliphatic carbocycles. The van der Waals surface area contributed by atoms with Crippen molar-refractivity contribution in [2.45, 2.75) is 6.54 Å². The van der Waals surface area contributed by atoms with E-state index in [1.807, 2.05) is 7.05 Å². The highest BCUT2D eigenvalue weighted by Gasteiger charge is 2.06. The third-order valence-electron chi connectivity index (χ3n) is 2.04. The Kier molecular flexibility index (Phi) is 4.81. The van der Waals surface area contributed by atoms with Crippen LogP contribution in [0.4, 0.5) is 5.82 Å². The maximum absolute atomic E-state index is 6.00. The summed E-state index contributed by atoms with van der Waals surface area (Å²) >= 11 is 6.00. The molecule has 1 rings (SSSR count). The first-order valence-corrected chi connectivity index (χ1v) is 5.09. The Labute approximate surface area is 95.0 Å². The van der Waals surface area contributed by atoms with Gasteiger partial charge in [-0.15, -0.1) is 0 Å². The van der Waals surface area contributed by atoms with Crippen molar-refractivity contribution >= 4 is 17.4 Å². The van der Waals surface area contributed by atoms with Crippen LogP contribution >= 0.6 is 11.6 Å². The molecule has 1 aromatic heterocycles. The topological polar surface area (TPSA) is 51.4 Å². The van der Waals surface area contributed by atoms with Crippen LogP contribution in [-0.2, 0) is 11.3 Å². The van der Waals surface area contributed by atoms with Gasteiger partial charge in [0.15, 0.2) is 0 Å². The third kappa shape index (κ3) is 4.03. The summed E-state index contributed by atoms with van der Waals surface area (Å²) in [6, 6.07) is 3.46. The van der Waals surface area contributed by atoms with E-state index in [1.54, 1.807) is 19.2 Å². The van der Waals surface area contributed by atoms with Gasteiger partial charge in [-0.2, -0.15) is 0 Å². The summed E-state index contributed by atoms with van der Waals surface area (Å²) in [6.45, 7) is 2.20. The van der Waals surface area contributed by atoms with Gasteiger partial charge < -0.3 is 10.5 Å². The maximum Gasteiger partial charge on any atom is 0.123 e. The quantitative estimate of drug-likeness (QED) is 0.829. The molecule has 0 saturated carbocycles. The van der Waals surface area contributed by atoms with Gasteiger partial charge in [0, 0.05) is 20.2 Å². The van der Waals surface area contributed by atoms with Crippen molar-refractivity contribution in [1.82, 2.24) is 9.88 Å². The van der Waals surface area contributed by atoms with Gasteiger partial charge in [-0.3, -0.25) is 4.90 Å². The first kappa shape index (κ1) is 12.2. The second-order valence-electron chi connectivity index (χ2n) is 3.40. The summed E-state index contributed by atoms with van der Waals surface area (Å²) < 4.78 is 4.98. The van der Waals surface area contributed by atoms with Gasteiger partial charge in [-0.25, -0.2) is 4.98 Å². The Morgan fingerprint density at radius 1 is 1.53 bits per heavy atom. The number of pyridine rings is 1. The molecule has 84 valence electrons. The van der Waals surface area contributed by atoms with E-state index in [0.717, 1.165) is 12.2 Å². The number of ether oxygens (including phenoxy) is 1. The highest BCUT2D eigenvalue weighted by molar-refractivity contribution is 6.31.